The average molecular weight is 791 g/mol. The third kappa shape index (κ3) is 6.84. The summed E-state index contributed by atoms with van der Waals surface area (Å²) in [5, 5.41) is 0. The standard InChI is InChI=1S/C33H29BrFIN2O5S/c1-5-41-32(40)28-19(4)37-33-38(29(28)23-11-6-7-12-26(23)43-18(2)3)31(39)27(44-33)16-21-14-24(34)30(25(36)15-21)42-17-20-9-8-10-22(35)13-20/h6-16,18,29H,5,17H2,1-4H3/b27-16+/t29-/m0/s1. The summed E-state index contributed by atoms with van der Waals surface area (Å²) < 4.78 is 34.6. The molecule has 0 aliphatic carbocycles. The Morgan fingerprint density at radius 3 is 2.66 bits per heavy atom. The molecule has 0 saturated carbocycles. The molecular weight excluding hydrogens is 762 g/mol. The van der Waals surface area contributed by atoms with Crippen LogP contribution in [0.25, 0.3) is 6.08 Å². The highest BCUT2D eigenvalue weighted by Crippen LogP contribution is 2.36. The van der Waals surface area contributed by atoms with Gasteiger partial charge in [-0.15, -0.1) is 0 Å². The highest BCUT2D eigenvalue weighted by molar-refractivity contribution is 14.1. The summed E-state index contributed by atoms with van der Waals surface area (Å²) in [4.78, 5) is 32.5. The maximum absolute atomic E-state index is 14.1. The number of rotatable bonds is 9. The van der Waals surface area contributed by atoms with Crippen LogP contribution in [0.1, 0.15) is 50.4 Å². The molecule has 1 aromatic heterocycles. The largest absolute Gasteiger partial charge is 0.491 e. The summed E-state index contributed by atoms with van der Waals surface area (Å²) >= 11 is 7.02. The van der Waals surface area contributed by atoms with Crippen LogP contribution in [0.5, 0.6) is 11.5 Å². The fourth-order valence-electron chi connectivity index (χ4n) is 4.89. The first-order valence-corrected chi connectivity index (χ1v) is 16.6. The average Bonchev–Trinajstić information content (AvgIpc) is 3.26. The number of benzene rings is 3. The summed E-state index contributed by atoms with van der Waals surface area (Å²) in [6, 6.07) is 16.7. The number of halogens is 3. The second-order valence-electron chi connectivity index (χ2n) is 10.2. The van der Waals surface area contributed by atoms with E-state index in [1.807, 2.05) is 50.2 Å². The van der Waals surface area contributed by atoms with Crippen molar-refractivity contribution in [2.45, 2.75) is 46.4 Å². The first kappa shape index (κ1) is 32.1. The molecule has 0 bridgehead atoms. The van der Waals surface area contributed by atoms with Crippen LogP contribution in [0.4, 0.5) is 4.39 Å². The lowest BCUT2D eigenvalue weighted by atomic mass is 9.95. The Hall–Kier alpha value is -3.29. The number of aromatic nitrogens is 1. The van der Waals surface area contributed by atoms with E-state index in [0.717, 1.165) is 9.13 Å². The van der Waals surface area contributed by atoms with Crippen molar-refractivity contribution < 1.29 is 23.4 Å². The number of esters is 1. The normalized spacial score (nSPS) is 14.8. The number of ether oxygens (including phenoxy) is 3. The van der Waals surface area contributed by atoms with Crippen molar-refractivity contribution in [2.75, 3.05) is 6.61 Å². The van der Waals surface area contributed by atoms with Crippen molar-refractivity contribution in [3.8, 4) is 11.5 Å². The molecule has 3 aromatic carbocycles. The maximum atomic E-state index is 14.1. The zero-order valence-electron chi connectivity index (χ0n) is 24.4. The van der Waals surface area contributed by atoms with Crippen LogP contribution in [0, 0.1) is 9.39 Å². The van der Waals surface area contributed by atoms with Gasteiger partial charge in [0.15, 0.2) is 4.80 Å². The van der Waals surface area contributed by atoms with Crippen LogP contribution in [-0.2, 0) is 16.1 Å². The highest BCUT2D eigenvalue weighted by atomic mass is 127. The maximum Gasteiger partial charge on any atom is 0.338 e. The van der Waals surface area contributed by atoms with Crippen LogP contribution in [-0.4, -0.2) is 23.2 Å². The van der Waals surface area contributed by atoms with Gasteiger partial charge in [-0.2, -0.15) is 0 Å². The number of carbonyl (C=O) groups is 1. The van der Waals surface area contributed by atoms with E-state index in [0.29, 0.717) is 47.7 Å². The van der Waals surface area contributed by atoms with Gasteiger partial charge in [-0.1, -0.05) is 41.7 Å². The summed E-state index contributed by atoms with van der Waals surface area (Å²) in [5.41, 5.74) is 2.64. The number of para-hydroxylation sites is 1. The van der Waals surface area contributed by atoms with Crippen molar-refractivity contribution >= 4 is 61.9 Å². The summed E-state index contributed by atoms with van der Waals surface area (Å²) in [6.07, 6.45) is 1.68. The molecule has 0 saturated heterocycles. The SMILES string of the molecule is CCOC(=O)C1=C(C)N=c2s/c(=C/c3cc(Br)c(OCc4cccc(F)c4)c(I)c3)c(=O)n2[C@H]1c1ccccc1OC(C)C. The number of thiazole rings is 1. The van der Waals surface area contributed by atoms with E-state index in [-0.39, 0.29) is 30.7 Å². The Morgan fingerprint density at radius 2 is 1.95 bits per heavy atom. The fraction of sp³-hybridized carbons (Fsp3) is 0.242. The lowest BCUT2D eigenvalue weighted by molar-refractivity contribution is -0.139. The van der Waals surface area contributed by atoms with Crippen LogP contribution < -0.4 is 24.4 Å². The van der Waals surface area contributed by atoms with Gasteiger partial charge in [-0.05, 0) is 114 Å². The molecule has 1 aliphatic heterocycles. The first-order chi connectivity index (χ1) is 21.1. The Kier molecular flexibility index (Phi) is 10.1. The summed E-state index contributed by atoms with van der Waals surface area (Å²) in [6.45, 7) is 7.73. The second kappa shape index (κ2) is 13.8. The monoisotopic (exact) mass is 790 g/mol. The highest BCUT2D eigenvalue weighted by Gasteiger charge is 2.35. The minimum Gasteiger partial charge on any atom is -0.491 e. The summed E-state index contributed by atoms with van der Waals surface area (Å²) in [7, 11) is 0. The molecule has 0 unspecified atom stereocenters. The van der Waals surface area contributed by atoms with E-state index in [4.69, 9.17) is 14.2 Å². The van der Waals surface area contributed by atoms with Crippen molar-refractivity contribution in [2.24, 2.45) is 4.99 Å². The lowest BCUT2D eigenvalue weighted by Crippen LogP contribution is -2.40. The summed E-state index contributed by atoms with van der Waals surface area (Å²) in [5.74, 6) is 0.343. The van der Waals surface area contributed by atoms with Gasteiger partial charge < -0.3 is 14.2 Å². The molecule has 0 radical (unpaired) electrons. The number of allylic oxidation sites excluding steroid dienone is 1. The van der Waals surface area contributed by atoms with Gasteiger partial charge in [0, 0.05) is 5.56 Å². The number of nitrogens with zero attached hydrogens (tertiary/aromatic N) is 2. The van der Waals surface area contributed by atoms with Gasteiger partial charge in [0.1, 0.15) is 30.0 Å². The molecule has 0 spiro atoms. The third-order valence-electron chi connectivity index (χ3n) is 6.68. The molecule has 0 amide bonds. The molecule has 2 heterocycles. The molecule has 4 aromatic rings. The molecule has 5 rings (SSSR count). The van der Waals surface area contributed by atoms with Crippen LogP contribution in [0.2, 0.25) is 0 Å². The van der Waals surface area contributed by atoms with Gasteiger partial charge in [0.25, 0.3) is 5.56 Å². The minimum atomic E-state index is -0.784. The molecule has 1 atom stereocenters. The Morgan fingerprint density at radius 1 is 1.18 bits per heavy atom. The number of hydrogen-bond donors (Lipinski definition) is 0. The Labute approximate surface area is 280 Å². The second-order valence-corrected chi connectivity index (χ2v) is 13.3. The predicted molar refractivity (Wildman–Crippen MR) is 180 cm³/mol. The zero-order valence-corrected chi connectivity index (χ0v) is 29.0. The molecule has 7 nitrogen and oxygen atoms in total. The number of carbonyl (C=O) groups excluding carboxylic acids is 1. The van der Waals surface area contributed by atoms with Crippen LogP contribution >= 0.6 is 49.9 Å². The molecule has 228 valence electrons. The minimum absolute atomic E-state index is 0.121. The van der Waals surface area contributed by atoms with Gasteiger partial charge in [0.05, 0.1) is 36.6 Å². The van der Waals surface area contributed by atoms with Crippen molar-refractivity contribution in [1.82, 2.24) is 4.57 Å². The Bertz CT molecular complexity index is 1930. The molecule has 0 N–H and O–H groups in total. The zero-order chi connectivity index (χ0) is 31.5. The lowest BCUT2D eigenvalue weighted by Gasteiger charge is -2.26. The fourth-order valence-corrected chi connectivity index (χ4v) is 7.70. The number of fused-ring (bicyclic) bond motifs is 1. The van der Waals surface area contributed by atoms with E-state index < -0.39 is 12.0 Å². The molecular formula is C33H29BrFIN2O5S. The smallest absolute Gasteiger partial charge is 0.338 e. The van der Waals surface area contributed by atoms with E-state index in [2.05, 4.69) is 43.5 Å². The molecule has 11 heteroatoms. The van der Waals surface area contributed by atoms with Gasteiger partial charge >= 0.3 is 5.97 Å². The Balaban J connectivity index is 1.59. The third-order valence-corrected chi connectivity index (χ3v) is 9.06. The van der Waals surface area contributed by atoms with Gasteiger partial charge in [-0.3, -0.25) is 9.36 Å². The molecule has 1 aliphatic rings. The van der Waals surface area contributed by atoms with Crippen LogP contribution in [0.15, 0.2) is 86.2 Å². The number of hydrogen-bond acceptors (Lipinski definition) is 7. The van der Waals surface area contributed by atoms with Crippen molar-refractivity contribution in [3.05, 3.63) is 122 Å². The van der Waals surface area contributed by atoms with Crippen molar-refractivity contribution in [1.29, 1.82) is 0 Å². The van der Waals surface area contributed by atoms with E-state index in [1.165, 1.54) is 23.5 Å². The van der Waals surface area contributed by atoms with E-state index in [1.54, 1.807) is 36.6 Å². The van der Waals surface area contributed by atoms with E-state index in [9.17, 15) is 14.0 Å². The quantitative estimate of drug-likeness (QED) is 0.140. The van der Waals surface area contributed by atoms with Gasteiger partial charge in [-0.25, -0.2) is 14.2 Å². The molecule has 44 heavy (non-hydrogen) atoms. The predicted octanol–water partition coefficient (Wildman–Crippen LogP) is 6.67. The van der Waals surface area contributed by atoms with Crippen molar-refractivity contribution in [3.63, 3.8) is 0 Å². The topological polar surface area (TPSA) is 79.1 Å². The molecule has 0 fully saturated rings. The van der Waals surface area contributed by atoms with E-state index >= 15 is 0 Å². The van der Waals surface area contributed by atoms with Crippen LogP contribution in [0.3, 0.4) is 0 Å². The first-order valence-electron chi connectivity index (χ1n) is 13.9. The van der Waals surface area contributed by atoms with Gasteiger partial charge in [0.2, 0.25) is 0 Å².